The summed E-state index contributed by atoms with van der Waals surface area (Å²) in [5, 5.41) is 10.5. The third-order valence-corrected chi connectivity index (χ3v) is 4.59. The van der Waals surface area contributed by atoms with Crippen LogP contribution in [0.5, 0.6) is 5.75 Å². The number of ether oxygens (including phenoxy) is 1. The van der Waals surface area contributed by atoms with Gasteiger partial charge in [-0.3, -0.25) is 4.90 Å². The Kier molecular flexibility index (Phi) is 7.18. The van der Waals surface area contributed by atoms with Crippen LogP contribution in [0, 0.1) is 12.7 Å². The first kappa shape index (κ1) is 20.1. The highest BCUT2D eigenvalue weighted by Crippen LogP contribution is 2.17. The number of hydrogen-bond donors (Lipinski definition) is 1. The third kappa shape index (κ3) is 5.91. The molecule has 3 aromatic rings. The van der Waals surface area contributed by atoms with Gasteiger partial charge in [0.2, 0.25) is 0 Å². The molecule has 0 spiro atoms. The average Bonchev–Trinajstić information content (AvgIpc) is 2.70. The largest absolute Gasteiger partial charge is 0.491 e. The molecule has 0 heterocycles. The Labute approximate surface area is 166 Å². The fraction of sp³-hybridized carbons (Fsp3) is 0.250. The SMILES string of the molecule is Cc1ccccc1OC[C@H](O)CN(Cc1ccccc1)Cc1ccccc1F. The highest BCUT2D eigenvalue weighted by molar-refractivity contribution is 5.31. The number of aliphatic hydroxyl groups excluding tert-OH is 1. The van der Waals surface area contributed by atoms with E-state index in [0.29, 0.717) is 25.2 Å². The van der Waals surface area contributed by atoms with Gasteiger partial charge in [-0.2, -0.15) is 0 Å². The summed E-state index contributed by atoms with van der Waals surface area (Å²) in [6.07, 6.45) is -0.685. The van der Waals surface area contributed by atoms with Crippen molar-refractivity contribution in [1.82, 2.24) is 4.90 Å². The molecule has 0 saturated carbocycles. The number of para-hydroxylation sites is 1. The van der Waals surface area contributed by atoms with Crippen LogP contribution in [-0.4, -0.2) is 29.3 Å². The second-order valence-corrected chi connectivity index (χ2v) is 6.98. The number of benzene rings is 3. The lowest BCUT2D eigenvalue weighted by atomic mass is 10.1. The van der Waals surface area contributed by atoms with E-state index in [1.807, 2.05) is 72.5 Å². The summed E-state index contributed by atoms with van der Waals surface area (Å²) < 4.78 is 19.9. The molecule has 0 aliphatic carbocycles. The molecule has 0 amide bonds. The minimum atomic E-state index is -0.685. The Morgan fingerprint density at radius 1 is 0.893 bits per heavy atom. The molecule has 28 heavy (non-hydrogen) atoms. The van der Waals surface area contributed by atoms with E-state index < -0.39 is 6.10 Å². The van der Waals surface area contributed by atoms with Crippen molar-refractivity contribution in [1.29, 1.82) is 0 Å². The summed E-state index contributed by atoms with van der Waals surface area (Å²) in [6.45, 7) is 3.59. The number of nitrogens with zero attached hydrogens (tertiary/aromatic N) is 1. The summed E-state index contributed by atoms with van der Waals surface area (Å²) in [6, 6.07) is 24.5. The number of aliphatic hydroxyl groups is 1. The third-order valence-electron chi connectivity index (χ3n) is 4.59. The molecule has 1 N–H and O–H groups in total. The Morgan fingerprint density at radius 2 is 1.57 bits per heavy atom. The lowest BCUT2D eigenvalue weighted by molar-refractivity contribution is 0.0622. The Hall–Kier alpha value is -2.69. The van der Waals surface area contributed by atoms with Crippen molar-refractivity contribution in [3.63, 3.8) is 0 Å². The quantitative estimate of drug-likeness (QED) is 0.591. The molecule has 1 atom stereocenters. The van der Waals surface area contributed by atoms with Gasteiger partial charge in [0, 0.05) is 25.2 Å². The minimum Gasteiger partial charge on any atom is -0.491 e. The molecule has 0 aliphatic heterocycles. The topological polar surface area (TPSA) is 32.7 Å². The lowest BCUT2D eigenvalue weighted by Crippen LogP contribution is -2.35. The van der Waals surface area contributed by atoms with Gasteiger partial charge in [0.05, 0.1) is 0 Å². The molecule has 0 fully saturated rings. The van der Waals surface area contributed by atoms with Crippen molar-refractivity contribution in [2.75, 3.05) is 13.2 Å². The lowest BCUT2D eigenvalue weighted by Gasteiger charge is -2.26. The van der Waals surface area contributed by atoms with Crippen molar-refractivity contribution in [3.05, 3.63) is 101 Å². The van der Waals surface area contributed by atoms with Crippen LogP contribution in [0.25, 0.3) is 0 Å². The predicted octanol–water partition coefficient (Wildman–Crippen LogP) is 4.58. The summed E-state index contributed by atoms with van der Waals surface area (Å²) in [5.41, 5.74) is 2.76. The smallest absolute Gasteiger partial charge is 0.127 e. The standard InChI is InChI=1S/C24H26FNO2/c1-19-9-5-8-14-24(19)28-18-22(27)17-26(15-20-10-3-2-4-11-20)16-21-12-6-7-13-23(21)25/h2-14,22,27H,15-18H2,1H3/t22-/m1/s1. The van der Waals surface area contributed by atoms with Crippen LogP contribution in [0.15, 0.2) is 78.9 Å². The van der Waals surface area contributed by atoms with E-state index in [4.69, 9.17) is 4.74 Å². The van der Waals surface area contributed by atoms with Crippen LogP contribution in [0.3, 0.4) is 0 Å². The number of hydrogen-bond acceptors (Lipinski definition) is 3. The van der Waals surface area contributed by atoms with Crippen LogP contribution in [0.2, 0.25) is 0 Å². The molecule has 0 saturated heterocycles. The average molecular weight is 379 g/mol. The number of aryl methyl sites for hydroxylation is 1. The zero-order valence-electron chi connectivity index (χ0n) is 16.1. The van der Waals surface area contributed by atoms with Gasteiger partial charge in [0.15, 0.2) is 0 Å². The van der Waals surface area contributed by atoms with E-state index in [-0.39, 0.29) is 12.4 Å². The van der Waals surface area contributed by atoms with Gasteiger partial charge in [-0.1, -0.05) is 66.7 Å². The maximum atomic E-state index is 14.1. The molecule has 4 heteroatoms. The molecule has 3 aromatic carbocycles. The Morgan fingerprint density at radius 3 is 2.32 bits per heavy atom. The zero-order valence-corrected chi connectivity index (χ0v) is 16.1. The summed E-state index contributed by atoms with van der Waals surface area (Å²) in [7, 11) is 0. The normalized spacial score (nSPS) is 12.1. The van der Waals surface area contributed by atoms with E-state index >= 15 is 0 Å². The second-order valence-electron chi connectivity index (χ2n) is 6.98. The molecule has 0 radical (unpaired) electrons. The fourth-order valence-corrected chi connectivity index (χ4v) is 3.15. The Balaban J connectivity index is 1.65. The molecule has 0 bridgehead atoms. The van der Waals surface area contributed by atoms with Crippen LogP contribution in [0.4, 0.5) is 4.39 Å². The van der Waals surface area contributed by atoms with E-state index in [1.165, 1.54) is 6.07 Å². The highest BCUT2D eigenvalue weighted by atomic mass is 19.1. The van der Waals surface area contributed by atoms with E-state index in [2.05, 4.69) is 0 Å². The second kappa shape index (κ2) is 10.0. The maximum absolute atomic E-state index is 14.1. The summed E-state index contributed by atoms with van der Waals surface area (Å²) in [5.74, 6) is 0.538. The Bertz CT molecular complexity index is 869. The number of rotatable bonds is 9. The van der Waals surface area contributed by atoms with Gasteiger partial charge in [-0.15, -0.1) is 0 Å². The van der Waals surface area contributed by atoms with Gasteiger partial charge < -0.3 is 9.84 Å². The highest BCUT2D eigenvalue weighted by Gasteiger charge is 2.15. The molecule has 146 valence electrons. The van der Waals surface area contributed by atoms with E-state index in [1.54, 1.807) is 12.1 Å². The van der Waals surface area contributed by atoms with Crippen molar-refractivity contribution in [3.8, 4) is 5.75 Å². The molecule has 3 nitrogen and oxygen atoms in total. The summed E-state index contributed by atoms with van der Waals surface area (Å²) in [4.78, 5) is 2.04. The maximum Gasteiger partial charge on any atom is 0.127 e. The van der Waals surface area contributed by atoms with Crippen LogP contribution in [-0.2, 0) is 13.1 Å². The first-order valence-corrected chi connectivity index (χ1v) is 9.48. The molecular formula is C24H26FNO2. The molecule has 0 unspecified atom stereocenters. The first-order chi connectivity index (χ1) is 13.6. The minimum absolute atomic E-state index is 0.188. The van der Waals surface area contributed by atoms with Gasteiger partial charge in [0.25, 0.3) is 0 Å². The van der Waals surface area contributed by atoms with Crippen molar-refractivity contribution in [2.45, 2.75) is 26.1 Å². The molecule has 3 rings (SSSR count). The monoisotopic (exact) mass is 379 g/mol. The fourth-order valence-electron chi connectivity index (χ4n) is 3.15. The first-order valence-electron chi connectivity index (χ1n) is 9.48. The predicted molar refractivity (Wildman–Crippen MR) is 110 cm³/mol. The van der Waals surface area contributed by atoms with E-state index in [0.717, 1.165) is 16.9 Å². The van der Waals surface area contributed by atoms with Gasteiger partial charge in [0.1, 0.15) is 24.3 Å². The van der Waals surface area contributed by atoms with Crippen LogP contribution >= 0.6 is 0 Å². The van der Waals surface area contributed by atoms with Crippen LogP contribution < -0.4 is 4.74 Å². The number of halogens is 1. The molecule has 0 aromatic heterocycles. The van der Waals surface area contributed by atoms with Crippen molar-refractivity contribution < 1.29 is 14.2 Å². The summed E-state index contributed by atoms with van der Waals surface area (Å²) >= 11 is 0. The van der Waals surface area contributed by atoms with Crippen molar-refractivity contribution >= 4 is 0 Å². The van der Waals surface area contributed by atoms with Crippen molar-refractivity contribution in [2.24, 2.45) is 0 Å². The molecular weight excluding hydrogens is 353 g/mol. The van der Waals surface area contributed by atoms with E-state index in [9.17, 15) is 9.50 Å². The van der Waals surface area contributed by atoms with Gasteiger partial charge >= 0.3 is 0 Å². The van der Waals surface area contributed by atoms with Gasteiger partial charge in [-0.25, -0.2) is 4.39 Å². The van der Waals surface area contributed by atoms with Crippen LogP contribution in [0.1, 0.15) is 16.7 Å². The molecule has 0 aliphatic rings. The zero-order chi connectivity index (χ0) is 19.8. The van der Waals surface area contributed by atoms with Gasteiger partial charge in [-0.05, 0) is 30.2 Å².